The zero-order valence-corrected chi connectivity index (χ0v) is 8.39. The Kier molecular flexibility index (Phi) is 3.64. The number of methoxy groups -OCH3 is 1. The van der Waals surface area contributed by atoms with Gasteiger partial charge in [0.1, 0.15) is 11.4 Å². The van der Waals surface area contributed by atoms with Gasteiger partial charge in [0.25, 0.3) is 6.43 Å². The molecule has 0 aliphatic heterocycles. The van der Waals surface area contributed by atoms with E-state index in [-0.39, 0.29) is 0 Å². The Hall–Kier alpha value is -1.73. The number of halogens is 5. The average Bonchev–Trinajstić information content (AvgIpc) is 2.26. The van der Waals surface area contributed by atoms with Crippen molar-refractivity contribution in [1.82, 2.24) is 4.98 Å². The Balaban J connectivity index is 3.34. The van der Waals surface area contributed by atoms with Crippen LogP contribution in [0, 0.1) is 0 Å². The van der Waals surface area contributed by atoms with Crippen LogP contribution in [0.2, 0.25) is 0 Å². The van der Waals surface area contributed by atoms with Gasteiger partial charge in [-0.25, -0.2) is 18.6 Å². The molecule has 0 saturated carbocycles. The van der Waals surface area contributed by atoms with E-state index in [2.05, 4.69) is 9.72 Å². The molecule has 94 valence electrons. The summed E-state index contributed by atoms with van der Waals surface area (Å²) < 4.78 is 65.7. The minimum absolute atomic E-state index is 0.359. The second kappa shape index (κ2) is 4.64. The normalized spacial score (nSPS) is 11.7. The van der Waals surface area contributed by atoms with Gasteiger partial charge in [0, 0.05) is 0 Å². The summed E-state index contributed by atoms with van der Waals surface area (Å²) in [6.07, 6.45) is -8.12. The Labute approximate surface area is 92.2 Å². The number of nitrogens with zero attached hydrogens (tertiary/aromatic N) is 1. The first kappa shape index (κ1) is 13.3. The van der Waals surface area contributed by atoms with Crippen molar-refractivity contribution >= 4 is 5.97 Å². The monoisotopic (exact) mass is 255 g/mol. The van der Waals surface area contributed by atoms with E-state index in [0.717, 1.165) is 7.11 Å². The minimum Gasteiger partial charge on any atom is -0.465 e. The van der Waals surface area contributed by atoms with Gasteiger partial charge < -0.3 is 4.74 Å². The van der Waals surface area contributed by atoms with E-state index >= 15 is 0 Å². The molecular weight excluding hydrogens is 249 g/mol. The van der Waals surface area contributed by atoms with Gasteiger partial charge in [-0.05, 0) is 12.1 Å². The van der Waals surface area contributed by atoms with E-state index in [1.807, 2.05) is 0 Å². The Morgan fingerprint density at radius 2 is 1.94 bits per heavy atom. The molecule has 0 radical (unpaired) electrons. The number of carbonyl (C=O) groups is 1. The molecule has 0 aliphatic rings. The van der Waals surface area contributed by atoms with E-state index in [1.165, 1.54) is 0 Å². The standard InChI is InChI=1S/C9H6F5NO2/c1-17-8(16)4-2-5(7(10)11)15-6(3-4)9(12,13)14/h2-3,7H,1H3. The number of esters is 1. The molecule has 8 heteroatoms. The maximum absolute atomic E-state index is 12.3. The van der Waals surface area contributed by atoms with Crippen molar-refractivity contribution in [1.29, 1.82) is 0 Å². The second-order valence-electron chi connectivity index (χ2n) is 2.96. The Morgan fingerprint density at radius 3 is 2.35 bits per heavy atom. The maximum atomic E-state index is 12.3. The summed E-state index contributed by atoms with van der Waals surface area (Å²) in [5.74, 6) is -1.14. The summed E-state index contributed by atoms with van der Waals surface area (Å²) >= 11 is 0. The number of ether oxygens (including phenoxy) is 1. The highest BCUT2D eigenvalue weighted by atomic mass is 19.4. The summed E-state index contributed by atoms with van der Waals surface area (Å²) in [6, 6.07) is 0.920. The zero-order chi connectivity index (χ0) is 13.2. The highest BCUT2D eigenvalue weighted by Gasteiger charge is 2.34. The maximum Gasteiger partial charge on any atom is 0.433 e. The smallest absolute Gasteiger partial charge is 0.433 e. The number of aromatic nitrogens is 1. The van der Waals surface area contributed by atoms with E-state index in [1.54, 1.807) is 0 Å². The number of carbonyl (C=O) groups excluding carboxylic acids is 1. The lowest BCUT2D eigenvalue weighted by Gasteiger charge is -2.09. The molecule has 17 heavy (non-hydrogen) atoms. The number of rotatable bonds is 2. The van der Waals surface area contributed by atoms with Gasteiger partial charge in [0.15, 0.2) is 0 Å². The number of hydrogen-bond acceptors (Lipinski definition) is 3. The van der Waals surface area contributed by atoms with Crippen LogP contribution in [0.4, 0.5) is 22.0 Å². The van der Waals surface area contributed by atoms with Gasteiger partial charge >= 0.3 is 12.1 Å². The third kappa shape index (κ3) is 3.11. The molecule has 1 aromatic heterocycles. The molecule has 3 nitrogen and oxygen atoms in total. The number of hydrogen-bond donors (Lipinski definition) is 0. The van der Waals surface area contributed by atoms with Crippen LogP contribution >= 0.6 is 0 Å². The van der Waals surface area contributed by atoms with Crippen molar-refractivity contribution in [3.8, 4) is 0 Å². The second-order valence-corrected chi connectivity index (χ2v) is 2.96. The van der Waals surface area contributed by atoms with Crippen molar-refractivity contribution in [2.45, 2.75) is 12.6 Å². The average molecular weight is 255 g/mol. The number of alkyl halides is 5. The van der Waals surface area contributed by atoms with E-state index < -0.39 is 35.5 Å². The van der Waals surface area contributed by atoms with E-state index in [4.69, 9.17) is 0 Å². The highest BCUT2D eigenvalue weighted by molar-refractivity contribution is 5.89. The predicted octanol–water partition coefficient (Wildman–Crippen LogP) is 2.82. The fourth-order valence-corrected chi connectivity index (χ4v) is 1.04. The molecule has 0 saturated heterocycles. The van der Waals surface area contributed by atoms with Gasteiger partial charge in [-0.2, -0.15) is 13.2 Å². The molecule has 0 amide bonds. The molecule has 1 rings (SSSR count). The molecule has 0 fully saturated rings. The lowest BCUT2D eigenvalue weighted by molar-refractivity contribution is -0.141. The summed E-state index contributed by atoms with van der Waals surface area (Å²) in [7, 11) is 0.929. The van der Waals surface area contributed by atoms with Gasteiger partial charge in [-0.1, -0.05) is 0 Å². The highest BCUT2D eigenvalue weighted by Crippen LogP contribution is 2.30. The Bertz CT molecular complexity index is 430. The van der Waals surface area contributed by atoms with Crippen LogP contribution in [-0.2, 0) is 10.9 Å². The molecule has 0 bridgehead atoms. The van der Waals surface area contributed by atoms with Crippen LogP contribution in [0.5, 0.6) is 0 Å². The molecule has 0 N–H and O–H groups in total. The van der Waals surface area contributed by atoms with Crippen LogP contribution in [0.1, 0.15) is 28.2 Å². The lowest BCUT2D eigenvalue weighted by Crippen LogP contribution is -2.13. The minimum atomic E-state index is -4.91. The third-order valence-corrected chi connectivity index (χ3v) is 1.78. The first-order chi connectivity index (χ1) is 7.75. The Morgan fingerprint density at radius 1 is 1.35 bits per heavy atom. The van der Waals surface area contributed by atoms with Gasteiger partial charge in [-0.3, -0.25) is 0 Å². The van der Waals surface area contributed by atoms with Crippen LogP contribution < -0.4 is 0 Å². The van der Waals surface area contributed by atoms with Crippen LogP contribution in [-0.4, -0.2) is 18.1 Å². The summed E-state index contributed by atoms with van der Waals surface area (Å²) in [6.45, 7) is 0. The molecule has 1 aromatic rings. The largest absolute Gasteiger partial charge is 0.465 e. The lowest BCUT2D eigenvalue weighted by atomic mass is 10.2. The molecule has 0 spiro atoms. The first-order valence-corrected chi connectivity index (χ1v) is 4.21. The molecule has 1 heterocycles. The van der Waals surface area contributed by atoms with Crippen molar-refractivity contribution in [2.24, 2.45) is 0 Å². The molecular formula is C9H6F5NO2. The zero-order valence-electron chi connectivity index (χ0n) is 8.39. The molecule has 0 aromatic carbocycles. The summed E-state index contributed by atoms with van der Waals surface area (Å²) in [4.78, 5) is 13.7. The first-order valence-electron chi connectivity index (χ1n) is 4.21. The molecule has 0 atom stereocenters. The van der Waals surface area contributed by atoms with Crippen LogP contribution in [0.3, 0.4) is 0 Å². The van der Waals surface area contributed by atoms with Gasteiger partial charge in [-0.15, -0.1) is 0 Å². The predicted molar refractivity (Wildman–Crippen MR) is 45.5 cm³/mol. The third-order valence-electron chi connectivity index (χ3n) is 1.78. The fraction of sp³-hybridized carbons (Fsp3) is 0.333. The quantitative estimate of drug-likeness (QED) is 0.602. The van der Waals surface area contributed by atoms with Gasteiger partial charge in [0.2, 0.25) is 0 Å². The van der Waals surface area contributed by atoms with Crippen LogP contribution in [0.25, 0.3) is 0 Å². The SMILES string of the molecule is COC(=O)c1cc(C(F)F)nc(C(F)(F)F)c1. The van der Waals surface area contributed by atoms with Crippen molar-refractivity contribution in [3.63, 3.8) is 0 Å². The summed E-state index contributed by atoms with van der Waals surface area (Å²) in [5, 5.41) is 0. The van der Waals surface area contributed by atoms with E-state index in [9.17, 15) is 26.7 Å². The molecule has 0 aliphatic carbocycles. The van der Waals surface area contributed by atoms with Crippen molar-refractivity contribution in [3.05, 3.63) is 29.1 Å². The van der Waals surface area contributed by atoms with Crippen molar-refractivity contribution < 1.29 is 31.5 Å². The fourth-order valence-electron chi connectivity index (χ4n) is 1.04. The summed E-state index contributed by atoms with van der Waals surface area (Å²) in [5.41, 5.74) is -3.30. The molecule has 0 unspecified atom stereocenters. The number of pyridine rings is 1. The van der Waals surface area contributed by atoms with Gasteiger partial charge in [0.05, 0.1) is 12.7 Å². The van der Waals surface area contributed by atoms with E-state index in [0.29, 0.717) is 12.1 Å². The van der Waals surface area contributed by atoms with Crippen LogP contribution in [0.15, 0.2) is 12.1 Å². The topological polar surface area (TPSA) is 39.2 Å². The van der Waals surface area contributed by atoms with Crippen molar-refractivity contribution in [2.75, 3.05) is 7.11 Å².